The van der Waals surface area contributed by atoms with Gasteiger partial charge in [-0.05, 0) is 37.3 Å². The summed E-state index contributed by atoms with van der Waals surface area (Å²) in [5.41, 5.74) is 4.05. The van der Waals surface area contributed by atoms with Gasteiger partial charge in [0.2, 0.25) is 5.91 Å². The van der Waals surface area contributed by atoms with Crippen molar-refractivity contribution in [2.24, 2.45) is 5.92 Å². The van der Waals surface area contributed by atoms with E-state index in [1.807, 2.05) is 4.90 Å². The second-order valence-corrected chi connectivity index (χ2v) is 6.34. The van der Waals surface area contributed by atoms with E-state index in [9.17, 15) is 4.79 Å². The number of benzene rings is 1. The van der Waals surface area contributed by atoms with Crippen molar-refractivity contribution in [2.45, 2.75) is 53.1 Å². The molecule has 0 bridgehead atoms. The van der Waals surface area contributed by atoms with E-state index >= 15 is 0 Å². The fraction of sp³-hybridized carbons (Fsp3) is 0.611. The van der Waals surface area contributed by atoms with Gasteiger partial charge < -0.3 is 10.2 Å². The minimum Gasteiger partial charge on any atom is -0.343 e. The average Bonchev–Trinajstić information content (AvgIpc) is 2.46. The van der Waals surface area contributed by atoms with Crippen LogP contribution in [0.4, 0.5) is 0 Å². The molecule has 0 aliphatic carbocycles. The molecule has 2 atom stereocenters. The zero-order chi connectivity index (χ0) is 15.4. The normalized spacial score (nSPS) is 22.4. The topological polar surface area (TPSA) is 32.3 Å². The molecule has 1 aromatic carbocycles. The van der Waals surface area contributed by atoms with Crippen molar-refractivity contribution in [2.75, 3.05) is 13.1 Å². The van der Waals surface area contributed by atoms with Gasteiger partial charge in [0.1, 0.15) is 0 Å². The number of nitrogens with zero attached hydrogens (tertiary/aromatic N) is 1. The van der Waals surface area contributed by atoms with E-state index in [0.29, 0.717) is 12.0 Å². The Labute approximate surface area is 128 Å². The first kappa shape index (κ1) is 16.0. The number of nitrogens with one attached hydrogen (secondary N) is 1. The molecule has 3 nitrogen and oxygen atoms in total. The molecule has 1 N–H and O–H groups in total. The molecule has 1 aliphatic heterocycles. The minimum absolute atomic E-state index is 0.210. The number of hydrogen-bond donors (Lipinski definition) is 1. The number of amides is 1. The molecular formula is C18H28N2O. The number of aryl methyl sites for hydroxylation is 2. The second-order valence-electron chi connectivity index (χ2n) is 6.34. The molecule has 2 rings (SSSR count). The highest BCUT2D eigenvalue weighted by Gasteiger charge is 2.28. The quantitative estimate of drug-likeness (QED) is 0.923. The van der Waals surface area contributed by atoms with Crippen LogP contribution in [0.2, 0.25) is 0 Å². The van der Waals surface area contributed by atoms with E-state index in [2.05, 4.69) is 44.3 Å². The predicted molar refractivity (Wildman–Crippen MR) is 87.2 cm³/mol. The van der Waals surface area contributed by atoms with Gasteiger partial charge in [-0.15, -0.1) is 0 Å². The molecule has 3 heteroatoms. The van der Waals surface area contributed by atoms with Crippen molar-refractivity contribution >= 4 is 5.91 Å². The van der Waals surface area contributed by atoms with Gasteiger partial charge in [0, 0.05) is 32.6 Å². The number of hydrogen-bond acceptors (Lipinski definition) is 2. The molecule has 0 radical (unpaired) electrons. The third-order valence-corrected chi connectivity index (χ3v) is 4.76. The Kier molecular flexibility index (Phi) is 5.40. The first-order valence-corrected chi connectivity index (χ1v) is 8.06. The lowest BCUT2D eigenvalue weighted by atomic mass is 9.89. The number of carbonyl (C=O) groups is 1. The van der Waals surface area contributed by atoms with Crippen molar-refractivity contribution in [1.29, 1.82) is 0 Å². The molecule has 1 aromatic rings. The molecule has 1 heterocycles. The summed E-state index contributed by atoms with van der Waals surface area (Å²) in [7, 11) is 0. The predicted octanol–water partition coefficient (Wildman–Crippen LogP) is 3.04. The number of carbonyl (C=O) groups excluding carboxylic acids is 1. The summed E-state index contributed by atoms with van der Waals surface area (Å²) in [5.74, 6) is 0.773. The van der Waals surface area contributed by atoms with Gasteiger partial charge in [-0.3, -0.25) is 4.79 Å². The van der Waals surface area contributed by atoms with Crippen LogP contribution in [-0.2, 0) is 11.3 Å². The first-order chi connectivity index (χ1) is 10.0. The van der Waals surface area contributed by atoms with E-state index < -0.39 is 0 Å². The molecule has 0 unspecified atom stereocenters. The molecule has 1 saturated heterocycles. The monoisotopic (exact) mass is 288 g/mol. The molecule has 1 fully saturated rings. The van der Waals surface area contributed by atoms with Gasteiger partial charge in [-0.2, -0.15) is 0 Å². The van der Waals surface area contributed by atoms with E-state index in [0.717, 1.165) is 32.5 Å². The highest BCUT2D eigenvalue weighted by Crippen LogP contribution is 2.21. The van der Waals surface area contributed by atoms with Crippen LogP contribution in [0.3, 0.4) is 0 Å². The Morgan fingerprint density at radius 3 is 2.76 bits per heavy atom. The fourth-order valence-corrected chi connectivity index (χ4v) is 3.29. The number of rotatable bonds is 4. The van der Waals surface area contributed by atoms with Crippen LogP contribution < -0.4 is 5.32 Å². The third-order valence-electron chi connectivity index (χ3n) is 4.76. The van der Waals surface area contributed by atoms with Crippen LogP contribution in [0, 0.1) is 19.8 Å². The van der Waals surface area contributed by atoms with Crippen molar-refractivity contribution in [3.8, 4) is 0 Å². The SMILES string of the molecule is CC[C@@H]1CN(C(C)=O)CC[C@H]1NCc1ccc(C)cc1C. The Hall–Kier alpha value is -1.35. The largest absolute Gasteiger partial charge is 0.343 e. The minimum atomic E-state index is 0.210. The maximum absolute atomic E-state index is 11.5. The smallest absolute Gasteiger partial charge is 0.219 e. The van der Waals surface area contributed by atoms with Crippen LogP contribution in [0.15, 0.2) is 18.2 Å². The Morgan fingerprint density at radius 1 is 1.38 bits per heavy atom. The van der Waals surface area contributed by atoms with Gasteiger partial charge in [0.05, 0.1) is 0 Å². The first-order valence-electron chi connectivity index (χ1n) is 8.06. The maximum atomic E-state index is 11.5. The van der Waals surface area contributed by atoms with Gasteiger partial charge in [-0.25, -0.2) is 0 Å². The lowest BCUT2D eigenvalue weighted by Gasteiger charge is -2.38. The summed E-state index contributed by atoms with van der Waals surface area (Å²) in [6, 6.07) is 7.17. The van der Waals surface area contributed by atoms with Crippen LogP contribution >= 0.6 is 0 Å². The molecule has 1 amide bonds. The van der Waals surface area contributed by atoms with Gasteiger partial charge in [0.25, 0.3) is 0 Å². The lowest BCUT2D eigenvalue weighted by molar-refractivity contribution is -0.131. The van der Waals surface area contributed by atoms with E-state index in [1.54, 1.807) is 6.92 Å². The van der Waals surface area contributed by atoms with Crippen LogP contribution in [0.25, 0.3) is 0 Å². The summed E-state index contributed by atoms with van der Waals surface area (Å²) >= 11 is 0. The third kappa shape index (κ3) is 4.07. The lowest BCUT2D eigenvalue weighted by Crippen LogP contribution is -2.50. The summed E-state index contributed by atoms with van der Waals surface area (Å²) in [6.07, 6.45) is 2.18. The average molecular weight is 288 g/mol. The van der Waals surface area contributed by atoms with Crippen molar-refractivity contribution < 1.29 is 4.79 Å². The molecule has 0 aromatic heterocycles. The molecular weight excluding hydrogens is 260 g/mol. The van der Waals surface area contributed by atoms with Crippen LogP contribution in [0.1, 0.15) is 43.4 Å². The van der Waals surface area contributed by atoms with Gasteiger partial charge in [0.15, 0.2) is 0 Å². The Morgan fingerprint density at radius 2 is 2.14 bits per heavy atom. The number of piperidine rings is 1. The second kappa shape index (κ2) is 7.08. The maximum Gasteiger partial charge on any atom is 0.219 e. The summed E-state index contributed by atoms with van der Waals surface area (Å²) < 4.78 is 0. The van der Waals surface area contributed by atoms with Crippen molar-refractivity contribution in [3.63, 3.8) is 0 Å². The summed E-state index contributed by atoms with van der Waals surface area (Å²) in [6.45, 7) is 10.9. The van der Waals surface area contributed by atoms with Crippen molar-refractivity contribution in [1.82, 2.24) is 10.2 Å². The van der Waals surface area contributed by atoms with Crippen LogP contribution in [-0.4, -0.2) is 29.9 Å². The zero-order valence-electron chi connectivity index (χ0n) is 13.8. The summed E-state index contributed by atoms with van der Waals surface area (Å²) in [5, 5.41) is 3.72. The Balaban J connectivity index is 1.94. The van der Waals surface area contributed by atoms with Gasteiger partial charge in [-0.1, -0.05) is 37.1 Å². The van der Waals surface area contributed by atoms with Crippen LogP contribution in [0.5, 0.6) is 0 Å². The molecule has 1 aliphatic rings. The number of likely N-dealkylation sites (tertiary alicyclic amines) is 1. The standard InChI is InChI=1S/C18H28N2O/c1-5-16-12-20(15(4)21)9-8-18(16)19-11-17-7-6-13(2)10-14(17)3/h6-7,10,16,18-19H,5,8-9,11-12H2,1-4H3/t16-,18-/m1/s1. The van der Waals surface area contributed by atoms with E-state index in [4.69, 9.17) is 0 Å². The van der Waals surface area contributed by atoms with Gasteiger partial charge >= 0.3 is 0 Å². The highest BCUT2D eigenvalue weighted by atomic mass is 16.2. The molecule has 116 valence electrons. The molecule has 0 saturated carbocycles. The summed E-state index contributed by atoms with van der Waals surface area (Å²) in [4.78, 5) is 13.5. The zero-order valence-corrected chi connectivity index (χ0v) is 13.8. The van der Waals surface area contributed by atoms with Crippen molar-refractivity contribution in [3.05, 3.63) is 34.9 Å². The fourth-order valence-electron chi connectivity index (χ4n) is 3.29. The van der Waals surface area contributed by atoms with E-state index in [1.165, 1.54) is 16.7 Å². The molecule has 0 spiro atoms. The highest BCUT2D eigenvalue weighted by molar-refractivity contribution is 5.73. The van der Waals surface area contributed by atoms with E-state index in [-0.39, 0.29) is 5.91 Å². The molecule has 21 heavy (non-hydrogen) atoms. The Bertz CT molecular complexity index is 498.